The number of allylic oxidation sites excluding steroid dienone is 4. The molecule has 3 nitrogen and oxygen atoms in total. The maximum absolute atomic E-state index is 11.6. The van der Waals surface area contributed by atoms with Crippen LogP contribution in [0, 0.1) is 0 Å². The van der Waals surface area contributed by atoms with Crippen molar-refractivity contribution in [3.05, 3.63) is 53.6 Å². The molecule has 2 aliphatic rings. The molecular weight excluding hydrogens is 240 g/mol. The van der Waals surface area contributed by atoms with Crippen molar-refractivity contribution in [1.29, 1.82) is 0 Å². The van der Waals surface area contributed by atoms with Crippen molar-refractivity contribution in [2.75, 3.05) is 0 Å². The molecule has 1 aromatic rings. The standard InChI is InChI=1S/C16H14O3/c17-13-6-8-15(18)11(9-13)5-7-14-10-12-3-1-2-4-16(12)19-14/h1-4,6,8-9,14H,5,7,10H2. The van der Waals surface area contributed by atoms with Gasteiger partial charge in [0.05, 0.1) is 0 Å². The molecule has 0 aromatic heterocycles. The molecule has 3 heteroatoms. The van der Waals surface area contributed by atoms with Gasteiger partial charge in [0, 0.05) is 12.0 Å². The van der Waals surface area contributed by atoms with E-state index in [9.17, 15) is 9.59 Å². The molecule has 1 unspecified atom stereocenters. The van der Waals surface area contributed by atoms with Crippen molar-refractivity contribution in [1.82, 2.24) is 0 Å². The van der Waals surface area contributed by atoms with E-state index in [-0.39, 0.29) is 17.7 Å². The number of ether oxygens (including phenoxy) is 1. The normalized spacial score (nSPS) is 21.1. The Hall–Kier alpha value is -2.16. The molecule has 0 fully saturated rings. The van der Waals surface area contributed by atoms with Gasteiger partial charge in [0.25, 0.3) is 0 Å². The van der Waals surface area contributed by atoms with Crippen LogP contribution in [0.25, 0.3) is 0 Å². The van der Waals surface area contributed by atoms with E-state index in [1.807, 2.05) is 18.2 Å². The molecule has 0 radical (unpaired) electrons. The number of para-hydroxylation sites is 1. The molecule has 19 heavy (non-hydrogen) atoms. The number of carbonyl (C=O) groups is 2. The number of hydrogen-bond donors (Lipinski definition) is 0. The maximum Gasteiger partial charge on any atom is 0.182 e. The first kappa shape index (κ1) is 11.9. The summed E-state index contributed by atoms with van der Waals surface area (Å²) in [6.07, 6.45) is 6.43. The lowest BCUT2D eigenvalue weighted by molar-refractivity contribution is -0.114. The second-order valence-corrected chi connectivity index (χ2v) is 4.86. The van der Waals surface area contributed by atoms with Crippen LogP contribution in [-0.4, -0.2) is 17.7 Å². The van der Waals surface area contributed by atoms with Gasteiger partial charge < -0.3 is 4.74 Å². The largest absolute Gasteiger partial charge is 0.490 e. The van der Waals surface area contributed by atoms with E-state index in [2.05, 4.69) is 6.07 Å². The minimum Gasteiger partial charge on any atom is -0.490 e. The maximum atomic E-state index is 11.6. The molecule has 0 spiro atoms. The fraction of sp³-hybridized carbons (Fsp3) is 0.250. The first-order valence-electron chi connectivity index (χ1n) is 6.44. The Morgan fingerprint density at radius 3 is 2.84 bits per heavy atom. The molecule has 0 saturated heterocycles. The minimum atomic E-state index is -0.106. The van der Waals surface area contributed by atoms with Gasteiger partial charge in [-0.05, 0) is 42.7 Å². The van der Waals surface area contributed by atoms with Gasteiger partial charge in [-0.15, -0.1) is 0 Å². The van der Waals surface area contributed by atoms with Crippen LogP contribution in [0.1, 0.15) is 18.4 Å². The first-order valence-corrected chi connectivity index (χ1v) is 6.44. The molecule has 0 bridgehead atoms. The first-order chi connectivity index (χ1) is 9.22. The zero-order valence-electron chi connectivity index (χ0n) is 10.5. The summed E-state index contributed by atoms with van der Waals surface area (Å²) in [5.41, 5.74) is 1.81. The van der Waals surface area contributed by atoms with E-state index in [4.69, 9.17) is 4.74 Å². The lowest BCUT2D eigenvalue weighted by Crippen LogP contribution is -2.15. The summed E-state index contributed by atoms with van der Waals surface area (Å²) in [5.74, 6) is 0.771. The summed E-state index contributed by atoms with van der Waals surface area (Å²) >= 11 is 0. The third-order valence-electron chi connectivity index (χ3n) is 3.48. The lowest BCUT2D eigenvalue weighted by atomic mass is 9.96. The highest BCUT2D eigenvalue weighted by Gasteiger charge is 2.23. The summed E-state index contributed by atoms with van der Waals surface area (Å²) in [7, 11) is 0. The molecule has 96 valence electrons. The number of carbonyl (C=O) groups excluding carboxylic acids is 2. The van der Waals surface area contributed by atoms with Gasteiger partial charge in [-0.25, -0.2) is 0 Å². The average molecular weight is 254 g/mol. The van der Waals surface area contributed by atoms with Crippen molar-refractivity contribution in [2.24, 2.45) is 0 Å². The lowest BCUT2D eigenvalue weighted by Gasteiger charge is -2.12. The Kier molecular flexibility index (Phi) is 3.03. The molecule has 1 atom stereocenters. The second-order valence-electron chi connectivity index (χ2n) is 4.86. The van der Waals surface area contributed by atoms with Gasteiger partial charge in [-0.1, -0.05) is 18.2 Å². The van der Waals surface area contributed by atoms with Crippen LogP contribution in [0.4, 0.5) is 0 Å². The third kappa shape index (κ3) is 2.50. The Labute approximate surface area is 111 Å². The summed E-state index contributed by atoms with van der Waals surface area (Å²) in [6, 6.07) is 7.98. The quantitative estimate of drug-likeness (QED) is 0.778. The molecular formula is C16H14O3. The Balaban J connectivity index is 1.60. The van der Waals surface area contributed by atoms with Gasteiger partial charge in [-0.3, -0.25) is 9.59 Å². The third-order valence-corrected chi connectivity index (χ3v) is 3.48. The zero-order chi connectivity index (χ0) is 13.2. The highest BCUT2D eigenvalue weighted by atomic mass is 16.5. The Bertz CT molecular complexity index is 571. The van der Waals surface area contributed by atoms with Gasteiger partial charge in [-0.2, -0.15) is 0 Å². The van der Waals surface area contributed by atoms with Crippen molar-refractivity contribution in [3.63, 3.8) is 0 Å². The highest BCUT2D eigenvalue weighted by molar-refractivity contribution is 6.17. The van der Waals surface area contributed by atoms with Crippen LogP contribution < -0.4 is 4.74 Å². The number of hydrogen-bond acceptors (Lipinski definition) is 3. The summed E-state index contributed by atoms with van der Waals surface area (Å²) < 4.78 is 5.82. The number of rotatable bonds is 3. The molecule has 0 N–H and O–H groups in total. The zero-order valence-corrected chi connectivity index (χ0v) is 10.5. The second kappa shape index (κ2) is 4.84. The van der Waals surface area contributed by atoms with Crippen LogP contribution in [0.15, 0.2) is 48.1 Å². The topological polar surface area (TPSA) is 43.4 Å². The van der Waals surface area contributed by atoms with Crippen LogP contribution in [0.3, 0.4) is 0 Å². The predicted molar refractivity (Wildman–Crippen MR) is 71.0 cm³/mol. The van der Waals surface area contributed by atoms with Gasteiger partial charge in [0.2, 0.25) is 0 Å². The smallest absolute Gasteiger partial charge is 0.182 e. The van der Waals surface area contributed by atoms with E-state index >= 15 is 0 Å². The average Bonchev–Trinajstić information content (AvgIpc) is 2.82. The van der Waals surface area contributed by atoms with Crippen LogP contribution in [0.5, 0.6) is 5.75 Å². The van der Waals surface area contributed by atoms with Crippen molar-refractivity contribution < 1.29 is 14.3 Å². The van der Waals surface area contributed by atoms with E-state index in [1.165, 1.54) is 23.8 Å². The minimum absolute atomic E-state index is 0.0601. The van der Waals surface area contributed by atoms with Gasteiger partial charge in [0.1, 0.15) is 11.9 Å². The molecule has 1 aliphatic carbocycles. The Morgan fingerprint density at radius 1 is 1.16 bits per heavy atom. The number of benzene rings is 1. The van der Waals surface area contributed by atoms with Crippen LogP contribution in [-0.2, 0) is 16.0 Å². The van der Waals surface area contributed by atoms with E-state index in [1.54, 1.807) is 0 Å². The molecule has 1 aromatic carbocycles. The summed E-state index contributed by atoms with van der Waals surface area (Å²) in [6.45, 7) is 0. The summed E-state index contributed by atoms with van der Waals surface area (Å²) in [5, 5.41) is 0. The molecule has 1 aliphatic heterocycles. The van der Waals surface area contributed by atoms with Crippen molar-refractivity contribution in [2.45, 2.75) is 25.4 Å². The highest BCUT2D eigenvalue weighted by Crippen LogP contribution is 2.30. The van der Waals surface area contributed by atoms with E-state index in [0.717, 1.165) is 18.6 Å². The Morgan fingerprint density at radius 2 is 2.00 bits per heavy atom. The van der Waals surface area contributed by atoms with E-state index < -0.39 is 0 Å². The molecule has 0 amide bonds. The van der Waals surface area contributed by atoms with Gasteiger partial charge in [0.15, 0.2) is 11.6 Å². The summed E-state index contributed by atoms with van der Waals surface area (Å²) in [4.78, 5) is 22.9. The fourth-order valence-corrected chi connectivity index (χ4v) is 2.48. The van der Waals surface area contributed by atoms with Crippen LogP contribution in [0.2, 0.25) is 0 Å². The predicted octanol–water partition coefficient (Wildman–Crippen LogP) is 2.40. The molecule has 0 saturated carbocycles. The van der Waals surface area contributed by atoms with Gasteiger partial charge >= 0.3 is 0 Å². The van der Waals surface area contributed by atoms with E-state index in [0.29, 0.717) is 12.0 Å². The monoisotopic (exact) mass is 254 g/mol. The fourth-order valence-electron chi connectivity index (χ4n) is 2.48. The van der Waals surface area contributed by atoms with Crippen molar-refractivity contribution >= 4 is 11.6 Å². The number of ketones is 2. The molecule has 3 rings (SSSR count). The van der Waals surface area contributed by atoms with Crippen molar-refractivity contribution in [3.8, 4) is 5.75 Å². The molecule has 1 heterocycles. The SMILES string of the molecule is O=C1C=CC(=O)C(CCC2Cc3ccccc3O2)=C1. The van der Waals surface area contributed by atoms with Crippen LogP contribution >= 0.6 is 0 Å². The number of fused-ring (bicyclic) bond motifs is 1.